The number of aromatic nitrogens is 1. The van der Waals surface area contributed by atoms with E-state index < -0.39 is 0 Å². The van der Waals surface area contributed by atoms with Crippen molar-refractivity contribution in [2.24, 2.45) is 0 Å². The van der Waals surface area contributed by atoms with E-state index in [1.54, 1.807) is 0 Å². The summed E-state index contributed by atoms with van der Waals surface area (Å²) < 4.78 is 6.87. The summed E-state index contributed by atoms with van der Waals surface area (Å²) in [6, 6.07) is 23.3. The molecule has 2 nitrogen and oxygen atoms in total. The molecule has 138 valence electrons. The van der Waals surface area contributed by atoms with Gasteiger partial charge in [0.05, 0.1) is 6.61 Å². The lowest BCUT2D eigenvalue weighted by Crippen LogP contribution is -1.97. The van der Waals surface area contributed by atoms with Crippen LogP contribution in [0.25, 0.3) is 21.8 Å². The molecule has 0 amide bonds. The molecule has 4 rings (SSSR count). The quantitative estimate of drug-likeness (QED) is 0.297. The normalized spacial score (nSPS) is 11.3. The van der Waals surface area contributed by atoms with Crippen molar-refractivity contribution in [3.8, 4) is 5.75 Å². The fourth-order valence-corrected chi connectivity index (χ4v) is 4.04. The first-order valence-corrected chi connectivity index (χ1v) is 10.5. The highest BCUT2D eigenvalue weighted by Crippen LogP contribution is 2.28. The Balaban J connectivity index is 1.26. The van der Waals surface area contributed by atoms with Crippen molar-refractivity contribution < 1.29 is 4.74 Å². The number of aryl methyl sites for hydroxylation is 1. The van der Waals surface area contributed by atoms with E-state index in [0.717, 1.165) is 29.7 Å². The van der Waals surface area contributed by atoms with E-state index >= 15 is 0 Å². The topological polar surface area (TPSA) is 25.0 Å². The highest BCUT2D eigenvalue weighted by molar-refractivity contribution is 9.10. The summed E-state index contributed by atoms with van der Waals surface area (Å²) in [5.74, 6) is 0.940. The zero-order valence-corrected chi connectivity index (χ0v) is 17.0. The van der Waals surface area contributed by atoms with Crippen LogP contribution in [-0.4, -0.2) is 11.6 Å². The third-order valence-electron chi connectivity index (χ3n) is 5.03. The molecule has 1 aromatic heterocycles. The van der Waals surface area contributed by atoms with Crippen LogP contribution in [0.3, 0.4) is 0 Å². The average molecular weight is 422 g/mol. The number of para-hydroxylation sites is 2. The molecule has 0 atom stereocenters. The molecular formula is C24H24BrNO. The van der Waals surface area contributed by atoms with Crippen molar-refractivity contribution in [2.75, 3.05) is 6.61 Å². The first kappa shape index (κ1) is 18.1. The first-order chi connectivity index (χ1) is 13.3. The van der Waals surface area contributed by atoms with E-state index in [0.29, 0.717) is 0 Å². The smallest absolute Gasteiger partial charge is 0.120 e. The summed E-state index contributed by atoms with van der Waals surface area (Å²) in [5.41, 5.74) is 3.95. The van der Waals surface area contributed by atoms with Gasteiger partial charge >= 0.3 is 0 Å². The summed E-state index contributed by atoms with van der Waals surface area (Å²) in [4.78, 5) is 3.61. The van der Waals surface area contributed by atoms with Gasteiger partial charge < -0.3 is 9.72 Å². The number of halogens is 1. The number of H-pyrrole nitrogens is 1. The molecule has 0 spiro atoms. The Labute approximate surface area is 168 Å². The highest BCUT2D eigenvalue weighted by atomic mass is 79.9. The molecule has 3 aromatic carbocycles. The van der Waals surface area contributed by atoms with Crippen LogP contribution in [0.1, 0.15) is 31.2 Å². The lowest BCUT2D eigenvalue weighted by atomic mass is 10.0. The van der Waals surface area contributed by atoms with Crippen LogP contribution >= 0.6 is 15.9 Å². The van der Waals surface area contributed by atoms with E-state index in [9.17, 15) is 0 Å². The molecule has 27 heavy (non-hydrogen) atoms. The minimum absolute atomic E-state index is 0.786. The van der Waals surface area contributed by atoms with E-state index in [1.165, 1.54) is 46.6 Å². The van der Waals surface area contributed by atoms with Gasteiger partial charge in [-0.05, 0) is 49.1 Å². The standard InChI is InChI=1S/C24H24BrNO/c25-19-11-8-12-20(17-19)27-16-6-2-1-3-9-18-10-7-14-22-21-13-4-5-15-23(21)26-24(18)22/h4-5,7-8,10-15,17,26H,1-3,6,9,16H2. The van der Waals surface area contributed by atoms with Crippen LogP contribution in [0, 0.1) is 0 Å². The number of hydrogen-bond donors (Lipinski definition) is 1. The second-order valence-electron chi connectivity index (χ2n) is 6.98. The number of unbranched alkanes of at least 4 members (excludes halogenated alkanes) is 3. The van der Waals surface area contributed by atoms with Gasteiger partial charge in [0.1, 0.15) is 5.75 Å². The maximum absolute atomic E-state index is 5.81. The van der Waals surface area contributed by atoms with Crippen molar-refractivity contribution in [1.29, 1.82) is 0 Å². The Morgan fingerprint density at radius 3 is 2.52 bits per heavy atom. The Hall–Kier alpha value is -2.26. The molecule has 3 heteroatoms. The van der Waals surface area contributed by atoms with E-state index in [4.69, 9.17) is 4.74 Å². The average Bonchev–Trinajstić information content (AvgIpc) is 3.07. The minimum Gasteiger partial charge on any atom is -0.494 e. The molecule has 0 saturated heterocycles. The Kier molecular flexibility index (Phi) is 5.78. The summed E-state index contributed by atoms with van der Waals surface area (Å²) in [6.07, 6.45) is 5.88. The van der Waals surface area contributed by atoms with Crippen LogP contribution in [0.5, 0.6) is 5.75 Å². The molecule has 0 radical (unpaired) electrons. The number of aromatic amines is 1. The molecule has 0 fully saturated rings. The number of ether oxygens (including phenoxy) is 1. The van der Waals surface area contributed by atoms with Gasteiger partial charge in [0.15, 0.2) is 0 Å². The minimum atomic E-state index is 0.786. The molecule has 0 unspecified atom stereocenters. The Morgan fingerprint density at radius 2 is 1.59 bits per heavy atom. The molecule has 1 heterocycles. The predicted octanol–water partition coefficient (Wildman–Crippen LogP) is 7.27. The summed E-state index contributed by atoms with van der Waals surface area (Å²) >= 11 is 3.47. The van der Waals surface area contributed by atoms with Crippen molar-refractivity contribution in [2.45, 2.75) is 32.1 Å². The lowest BCUT2D eigenvalue weighted by molar-refractivity contribution is 0.304. The third kappa shape index (κ3) is 4.36. The maximum Gasteiger partial charge on any atom is 0.120 e. The number of rotatable bonds is 8. The molecule has 0 aliphatic heterocycles. The maximum atomic E-state index is 5.81. The predicted molar refractivity (Wildman–Crippen MR) is 118 cm³/mol. The van der Waals surface area contributed by atoms with Crippen LogP contribution < -0.4 is 4.74 Å². The zero-order valence-electron chi connectivity index (χ0n) is 15.4. The summed E-state index contributed by atoms with van der Waals surface area (Å²) in [6.45, 7) is 0.786. The molecule has 0 saturated carbocycles. The number of hydrogen-bond acceptors (Lipinski definition) is 1. The van der Waals surface area contributed by atoms with Gasteiger partial charge in [-0.3, -0.25) is 0 Å². The fraction of sp³-hybridized carbons (Fsp3) is 0.250. The SMILES string of the molecule is Brc1cccc(OCCCCCCc2cccc3c2[nH]c2ccccc23)c1. The van der Waals surface area contributed by atoms with Crippen molar-refractivity contribution >= 4 is 37.7 Å². The summed E-state index contributed by atoms with van der Waals surface area (Å²) in [7, 11) is 0. The lowest BCUT2D eigenvalue weighted by Gasteiger charge is -2.07. The summed E-state index contributed by atoms with van der Waals surface area (Å²) in [5, 5.41) is 2.66. The van der Waals surface area contributed by atoms with Gasteiger partial charge in [0.25, 0.3) is 0 Å². The van der Waals surface area contributed by atoms with Gasteiger partial charge in [0.2, 0.25) is 0 Å². The monoisotopic (exact) mass is 421 g/mol. The number of fused-ring (bicyclic) bond motifs is 3. The Morgan fingerprint density at radius 1 is 0.778 bits per heavy atom. The van der Waals surface area contributed by atoms with Crippen molar-refractivity contribution in [3.05, 3.63) is 76.8 Å². The number of nitrogens with one attached hydrogen (secondary N) is 1. The van der Waals surface area contributed by atoms with Crippen LogP contribution in [0.15, 0.2) is 71.2 Å². The molecule has 0 aliphatic rings. The highest BCUT2D eigenvalue weighted by Gasteiger charge is 2.07. The van der Waals surface area contributed by atoms with E-state index in [2.05, 4.69) is 63.4 Å². The molecule has 1 N–H and O–H groups in total. The van der Waals surface area contributed by atoms with Gasteiger partial charge in [0, 0.05) is 26.3 Å². The largest absolute Gasteiger partial charge is 0.494 e. The third-order valence-corrected chi connectivity index (χ3v) is 5.53. The molecule has 0 aliphatic carbocycles. The van der Waals surface area contributed by atoms with Gasteiger partial charge in [-0.25, -0.2) is 0 Å². The van der Waals surface area contributed by atoms with Crippen LogP contribution in [0.2, 0.25) is 0 Å². The van der Waals surface area contributed by atoms with Gasteiger partial charge in [-0.15, -0.1) is 0 Å². The van der Waals surface area contributed by atoms with Crippen LogP contribution in [-0.2, 0) is 6.42 Å². The van der Waals surface area contributed by atoms with Gasteiger partial charge in [-0.2, -0.15) is 0 Å². The van der Waals surface area contributed by atoms with Crippen molar-refractivity contribution in [3.63, 3.8) is 0 Å². The van der Waals surface area contributed by atoms with Gasteiger partial charge in [-0.1, -0.05) is 71.2 Å². The second kappa shape index (κ2) is 8.62. The second-order valence-corrected chi connectivity index (χ2v) is 7.90. The molecular weight excluding hydrogens is 398 g/mol. The molecule has 0 bridgehead atoms. The van der Waals surface area contributed by atoms with E-state index in [1.807, 2.05) is 24.3 Å². The van der Waals surface area contributed by atoms with Crippen molar-refractivity contribution in [1.82, 2.24) is 4.98 Å². The first-order valence-electron chi connectivity index (χ1n) is 9.68. The number of benzene rings is 3. The zero-order chi connectivity index (χ0) is 18.5. The van der Waals surface area contributed by atoms with E-state index in [-0.39, 0.29) is 0 Å². The fourth-order valence-electron chi connectivity index (χ4n) is 3.66. The van der Waals surface area contributed by atoms with Crippen LogP contribution in [0.4, 0.5) is 0 Å². The molecule has 4 aromatic rings. The Bertz CT molecular complexity index is 1040.